The van der Waals surface area contributed by atoms with Crippen molar-refractivity contribution in [1.82, 2.24) is 9.13 Å². The minimum absolute atomic E-state index is 0.284. The van der Waals surface area contributed by atoms with Crippen LogP contribution in [0, 0.1) is 6.92 Å². The number of aryl methyl sites for hydroxylation is 1. The molecule has 0 bridgehead atoms. The fraction of sp³-hybridized carbons (Fsp3) is 0.500. The van der Waals surface area contributed by atoms with E-state index in [1.165, 1.54) is 17.7 Å². The molecule has 1 aromatic heterocycles. The maximum atomic E-state index is 11.5. The standard InChI is InChI=1S/C8H11ClN2O2/c1-6-5-7(12)10(2)8(13)11(6)4-3-9/h5H,3-4H2,1-2H3. The quantitative estimate of drug-likeness (QED) is 0.639. The van der Waals surface area contributed by atoms with Crippen molar-refractivity contribution in [3.8, 4) is 0 Å². The molecular weight excluding hydrogens is 192 g/mol. The lowest BCUT2D eigenvalue weighted by Crippen LogP contribution is -2.38. The fourth-order valence-corrected chi connectivity index (χ4v) is 1.31. The van der Waals surface area contributed by atoms with Crippen LogP contribution in [-0.2, 0) is 13.6 Å². The molecular formula is C8H11ClN2O2. The van der Waals surface area contributed by atoms with Crippen LogP contribution in [-0.4, -0.2) is 15.0 Å². The zero-order valence-electron chi connectivity index (χ0n) is 7.58. The summed E-state index contributed by atoms with van der Waals surface area (Å²) in [4.78, 5) is 22.6. The third-order valence-electron chi connectivity index (χ3n) is 1.91. The summed E-state index contributed by atoms with van der Waals surface area (Å²) in [5.74, 6) is 0.360. The molecule has 4 nitrogen and oxygen atoms in total. The molecule has 0 aromatic carbocycles. The van der Waals surface area contributed by atoms with Crippen LogP contribution in [0.15, 0.2) is 15.7 Å². The predicted molar refractivity (Wildman–Crippen MR) is 51.4 cm³/mol. The molecule has 1 aromatic rings. The second-order valence-electron chi connectivity index (χ2n) is 2.81. The maximum absolute atomic E-state index is 11.5. The number of rotatable bonds is 2. The van der Waals surface area contributed by atoms with Crippen molar-refractivity contribution in [2.75, 3.05) is 5.88 Å². The van der Waals surface area contributed by atoms with Gasteiger partial charge < -0.3 is 0 Å². The van der Waals surface area contributed by atoms with Gasteiger partial charge in [0.1, 0.15) is 0 Å². The summed E-state index contributed by atoms with van der Waals surface area (Å²) < 4.78 is 2.55. The van der Waals surface area contributed by atoms with E-state index >= 15 is 0 Å². The summed E-state index contributed by atoms with van der Waals surface area (Å²) >= 11 is 5.53. The number of aromatic nitrogens is 2. The van der Waals surface area contributed by atoms with Crippen LogP contribution >= 0.6 is 11.6 Å². The molecule has 0 aliphatic carbocycles. The molecule has 0 spiro atoms. The second kappa shape index (κ2) is 3.79. The van der Waals surface area contributed by atoms with Crippen molar-refractivity contribution in [1.29, 1.82) is 0 Å². The van der Waals surface area contributed by atoms with E-state index in [2.05, 4.69) is 0 Å². The van der Waals surface area contributed by atoms with Gasteiger partial charge in [0.15, 0.2) is 0 Å². The Morgan fingerprint density at radius 2 is 2.08 bits per heavy atom. The highest BCUT2D eigenvalue weighted by molar-refractivity contribution is 6.17. The molecule has 1 rings (SSSR count). The molecule has 0 radical (unpaired) electrons. The molecule has 0 aliphatic heterocycles. The molecule has 0 fully saturated rings. The number of nitrogens with zero attached hydrogens (tertiary/aromatic N) is 2. The first-order valence-electron chi connectivity index (χ1n) is 3.91. The van der Waals surface area contributed by atoms with Crippen LogP contribution in [0.4, 0.5) is 0 Å². The first kappa shape index (κ1) is 10.1. The van der Waals surface area contributed by atoms with Crippen LogP contribution in [0.2, 0.25) is 0 Å². The minimum atomic E-state index is -0.314. The highest BCUT2D eigenvalue weighted by Crippen LogP contribution is 1.90. The van der Waals surface area contributed by atoms with Gasteiger partial charge >= 0.3 is 5.69 Å². The Morgan fingerprint density at radius 3 is 2.62 bits per heavy atom. The number of alkyl halides is 1. The van der Waals surface area contributed by atoms with Gasteiger partial charge in [-0.25, -0.2) is 4.79 Å². The number of hydrogen-bond donors (Lipinski definition) is 0. The Balaban J connectivity index is 3.44. The molecule has 1 heterocycles. The zero-order valence-corrected chi connectivity index (χ0v) is 8.34. The van der Waals surface area contributed by atoms with Gasteiger partial charge in [-0.05, 0) is 6.92 Å². The summed E-state index contributed by atoms with van der Waals surface area (Å²) in [6, 6.07) is 1.42. The molecule has 0 unspecified atom stereocenters. The van der Waals surface area contributed by atoms with Crippen molar-refractivity contribution in [3.05, 3.63) is 32.6 Å². The summed E-state index contributed by atoms with van der Waals surface area (Å²) in [6.07, 6.45) is 0. The van der Waals surface area contributed by atoms with Gasteiger partial charge in [0.2, 0.25) is 0 Å². The smallest absolute Gasteiger partial charge is 0.297 e. The Labute approximate surface area is 80.4 Å². The largest absolute Gasteiger partial charge is 0.330 e. The molecule has 0 aliphatic rings. The van der Waals surface area contributed by atoms with Gasteiger partial charge in [0, 0.05) is 31.2 Å². The normalized spacial score (nSPS) is 10.4. The minimum Gasteiger partial charge on any atom is -0.297 e. The molecule has 0 saturated heterocycles. The number of halogens is 1. The summed E-state index contributed by atoms with van der Waals surface area (Å²) in [5, 5.41) is 0. The van der Waals surface area contributed by atoms with Gasteiger partial charge in [-0.15, -0.1) is 11.6 Å². The predicted octanol–water partition coefficient (Wildman–Crippen LogP) is 0.0942. The molecule has 0 saturated carbocycles. The van der Waals surface area contributed by atoms with Crippen LogP contribution in [0.25, 0.3) is 0 Å². The first-order chi connectivity index (χ1) is 6.07. The van der Waals surface area contributed by atoms with E-state index in [9.17, 15) is 9.59 Å². The lowest BCUT2D eigenvalue weighted by molar-refractivity contribution is 0.614. The Kier molecular flexibility index (Phi) is 2.93. The van der Waals surface area contributed by atoms with Crippen LogP contribution < -0.4 is 11.2 Å². The monoisotopic (exact) mass is 202 g/mol. The third kappa shape index (κ3) is 1.83. The van der Waals surface area contributed by atoms with Crippen LogP contribution in [0.5, 0.6) is 0 Å². The van der Waals surface area contributed by atoms with Gasteiger partial charge in [-0.2, -0.15) is 0 Å². The molecule has 0 amide bonds. The molecule has 0 N–H and O–H groups in total. The molecule has 0 atom stereocenters. The van der Waals surface area contributed by atoms with E-state index in [-0.39, 0.29) is 11.2 Å². The SMILES string of the molecule is Cc1cc(=O)n(C)c(=O)n1CCCl. The van der Waals surface area contributed by atoms with Crippen molar-refractivity contribution in [2.45, 2.75) is 13.5 Å². The molecule has 72 valence electrons. The van der Waals surface area contributed by atoms with E-state index in [1.54, 1.807) is 6.92 Å². The molecule has 5 heteroatoms. The van der Waals surface area contributed by atoms with E-state index in [0.29, 0.717) is 18.1 Å². The average Bonchev–Trinajstić information content (AvgIpc) is 2.09. The van der Waals surface area contributed by atoms with Gasteiger partial charge in [0.05, 0.1) is 0 Å². The highest BCUT2D eigenvalue weighted by Gasteiger charge is 2.03. The first-order valence-corrected chi connectivity index (χ1v) is 4.45. The highest BCUT2D eigenvalue weighted by atomic mass is 35.5. The Bertz CT molecular complexity index is 419. The van der Waals surface area contributed by atoms with Crippen LogP contribution in [0.3, 0.4) is 0 Å². The Hall–Kier alpha value is -1.03. The van der Waals surface area contributed by atoms with E-state index in [4.69, 9.17) is 11.6 Å². The van der Waals surface area contributed by atoms with Gasteiger partial charge in [-0.1, -0.05) is 0 Å². The lowest BCUT2D eigenvalue weighted by atomic mass is 10.4. The van der Waals surface area contributed by atoms with Crippen molar-refractivity contribution in [2.24, 2.45) is 7.05 Å². The van der Waals surface area contributed by atoms with E-state index in [1.807, 2.05) is 0 Å². The van der Waals surface area contributed by atoms with Crippen LogP contribution in [0.1, 0.15) is 5.69 Å². The van der Waals surface area contributed by atoms with Gasteiger partial charge in [0.25, 0.3) is 5.56 Å². The van der Waals surface area contributed by atoms with Gasteiger partial charge in [-0.3, -0.25) is 13.9 Å². The summed E-state index contributed by atoms with van der Waals surface area (Å²) in [6.45, 7) is 2.15. The van der Waals surface area contributed by atoms with E-state index in [0.717, 1.165) is 4.57 Å². The Morgan fingerprint density at radius 1 is 1.46 bits per heavy atom. The topological polar surface area (TPSA) is 44.0 Å². The van der Waals surface area contributed by atoms with Crippen molar-refractivity contribution in [3.63, 3.8) is 0 Å². The second-order valence-corrected chi connectivity index (χ2v) is 3.18. The summed E-state index contributed by atoms with van der Waals surface area (Å²) in [7, 11) is 1.45. The molecule has 13 heavy (non-hydrogen) atoms. The van der Waals surface area contributed by atoms with Crippen molar-refractivity contribution >= 4 is 11.6 Å². The fourth-order valence-electron chi connectivity index (χ4n) is 1.14. The average molecular weight is 203 g/mol. The number of hydrogen-bond acceptors (Lipinski definition) is 2. The zero-order chi connectivity index (χ0) is 10.0. The third-order valence-corrected chi connectivity index (χ3v) is 2.08. The lowest BCUT2D eigenvalue weighted by Gasteiger charge is -2.08. The maximum Gasteiger partial charge on any atom is 0.330 e. The summed E-state index contributed by atoms with van der Waals surface area (Å²) in [5.41, 5.74) is 0.0488. The van der Waals surface area contributed by atoms with Crippen molar-refractivity contribution < 1.29 is 0 Å². The van der Waals surface area contributed by atoms with E-state index < -0.39 is 0 Å².